The number of allylic oxidation sites excluding steroid dienone is 2. The topological polar surface area (TPSA) is 24.1 Å². The number of hydrogen-bond donors (Lipinski definition) is 2. The molecule has 0 saturated carbocycles. The van der Waals surface area contributed by atoms with Crippen LogP contribution in [-0.2, 0) is 0 Å². The van der Waals surface area contributed by atoms with E-state index in [9.17, 15) is 0 Å². The van der Waals surface area contributed by atoms with Gasteiger partial charge in [-0.1, -0.05) is 12.2 Å². The Morgan fingerprint density at radius 1 is 1.60 bits per heavy atom. The van der Waals surface area contributed by atoms with Gasteiger partial charge in [-0.2, -0.15) is 0 Å². The maximum absolute atomic E-state index is 3.19. The fourth-order valence-corrected chi connectivity index (χ4v) is 1.50. The molecular weight excluding hydrogens is 124 g/mol. The molecule has 0 amide bonds. The molecule has 0 fully saturated rings. The fraction of sp³-hybridized carbons (Fsp3) is 0.500. The zero-order valence-electron chi connectivity index (χ0n) is 6.15. The lowest BCUT2D eigenvalue weighted by Crippen LogP contribution is -2.30. The summed E-state index contributed by atoms with van der Waals surface area (Å²) in [6.07, 6.45) is 6.81. The predicted octanol–water partition coefficient (Wildman–Crippen LogP) is 1.09. The number of rotatable bonds is 0. The van der Waals surface area contributed by atoms with E-state index >= 15 is 0 Å². The second kappa shape index (κ2) is 2.13. The van der Waals surface area contributed by atoms with E-state index < -0.39 is 0 Å². The zero-order valence-corrected chi connectivity index (χ0v) is 6.15. The van der Waals surface area contributed by atoms with Gasteiger partial charge in [-0.15, -0.1) is 0 Å². The van der Waals surface area contributed by atoms with E-state index in [1.165, 1.54) is 24.1 Å². The van der Waals surface area contributed by atoms with Crippen molar-refractivity contribution in [3.05, 3.63) is 23.4 Å². The van der Waals surface area contributed by atoms with Gasteiger partial charge in [0.1, 0.15) is 0 Å². The molecule has 1 heterocycles. The van der Waals surface area contributed by atoms with Gasteiger partial charge in [0.15, 0.2) is 0 Å². The molecule has 0 saturated heterocycles. The fourth-order valence-electron chi connectivity index (χ4n) is 1.50. The van der Waals surface area contributed by atoms with Gasteiger partial charge in [0, 0.05) is 11.7 Å². The zero-order chi connectivity index (χ0) is 6.97. The van der Waals surface area contributed by atoms with Crippen LogP contribution in [0.15, 0.2) is 23.4 Å². The van der Waals surface area contributed by atoms with Crippen molar-refractivity contribution >= 4 is 0 Å². The Morgan fingerprint density at radius 3 is 3.30 bits per heavy atom. The molecule has 2 N–H and O–H groups in total. The van der Waals surface area contributed by atoms with Crippen molar-refractivity contribution in [3.8, 4) is 0 Å². The first kappa shape index (κ1) is 5.98. The van der Waals surface area contributed by atoms with Crippen molar-refractivity contribution in [2.75, 3.05) is 0 Å². The van der Waals surface area contributed by atoms with Gasteiger partial charge >= 0.3 is 0 Å². The lowest BCUT2D eigenvalue weighted by Gasteiger charge is -2.06. The normalized spacial score (nSPS) is 30.3. The van der Waals surface area contributed by atoms with Crippen LogP contribution in [0, 0.1) is 0 Å². The Labute approximate surface area is 61.0 Å². The van der Waals surface area contributed by atoms with Crippen LogP contribution in [0.1, 0.15) is 19.8 Å². The summed E-state index contributed by atoms with van der Waals surface area (Å²) in [6, 6.07) is 0.492. The first-order chi connectivity index (χ1) is 4.88. The van der Waals surface area contributed by atoms with Crippen LogP contribution in [0.25, 0.3) is 0 Å². The number of nitrogens with one attached hydrogen (secondary N) is 2. The lowest BCUT2D eigenvalue weighted by atomic mass is 10.0. The molecule has 1 aliphatic carbocycles. The monoisotopic (exact) mass is 136 g/mol. The van der Waals surface area contributed by atoms with Crippen LogP contribution < -0.4 is 10.9 Å². The minimum Gasteiger partial charge on any atom is -0.325 e. The van der Waals surface area contributed by atoms with E-state index in [-0.39, 0.29) is 0 Å². The van der Waals surface area contributed by atoms with E-state index in [0.29, 0.717) is 6.04 Å². The third kappa shape index (κ3) is 0.762. The summed E-state index contributed by atoms with van der Waals surface area (Å²) in [7, 11) is 0. The Kier molecular flexibility index (Phi) is 1.27. The second-order valence-corrected chi connectivity index (χ2v) is 2.87. The summed E-state index contributed by atoms with van der Waals surface area (Å²) in [4.78, 5) is 0. The largest absolute Gasteiger partial charge is 0.325 e. The predicted molar refractivity (Wildman–Crippen MR) is 41.1 cm³/mol. The molecule has 2 aliphatic rings. The lowest BCUT2D eigenvalue weighted by molar-refractivity contribution is 0.594. The Bertz CT molecular complexity index is 203. The third-order valence-electron chi connectivity index (χ3n) is 2.11. The van der Waals surface area contributed by atoms with Gasteiger partial charge in [0.25, 0.3) is 0 Å². The summed E-state index contributed by atoms with van der Waals surface area (Å²) in [6.45, 7) is 2.17. The molecule has 0 aromatic heterocycles. The molecule has 1 unspecified atom stereocenters. The summed E-state index contributed by atoms with van der Waals surface area (Å²) in [5.74, 6) is 0. The highest BCUT2D eigenvalue weighted by atomic mass is 15.4. The number of hydrazine groups is 1. The standard InChI is InChI=1S/C8H12N2/c1-6-7-4-2-3-5-8(7)10-9-6/h2,4,6,9-10H,3,5H2,1H3. The van der Waals surface area contributed by atoms with Crippen molar-refractivity contribution in [2.24, 2.45) is 0 Å². The Hall–Kier alpha value is -0.760. The molecule has 0 bridgehead atoms. The highest BCUT2D eigenvalue weighted by molar-refractivity contribution is 5.35. The van der Waals surface area contributed by atoms with E-state index in [1.807, 2.05) is 0 Å². The van der Waals surface area contributed by atoms with Crippen molar-refractivity contribution in [3.63, 3.8) is 0 Å². The molecule has 2 nitrogen and oxygen atoms in total. The molecule has 1 aliphatic heterocycles. The average Bonchev–Trinajstić information content (AvgIpc) is 2.34. The molecule has 0 aromatic carbocycles. The van der Waals surface area contributed by atoms with Gasteiger partial charge in [0.2, 0.25) is 0 Å². The van der Waals surface area contributed by atoms with Crippen molar-refractivity contribution in [1.82, 2.24) is 10.9 Å². The number of hydrogen-bond acceptors (Lipinski definition) is 2. The van der Waals surface area contributed by atoms with Crippen molar-refractivity contribution in [2.45, 2.75) is 25.8 Å². The smallest absolute Gasteiger partial charge is 0.0499 e. The summed E-state index contributed by atoms with van der Waals surface area (Å²) < 4.78 is 0. The molecule has 0 spiro atoms. The van der Waals surface area contributed by atoms with Crippen molar-refractivity contribution in [1.29, 1.82) is 0 Å². The van der Waals surface area contributed by atoms with E-state index in [2.05, 4.69) is 29.9 Å². The average molecular weight is 136 g/mol. The molecule has 0 aromatic rings. The summed E-state index contributed by atoms with van der Waals surface area (Å²) in [5, 5.41) is 0. The molecule has 10 heavy (non-hydrogen) atoms. The first-order valence-electron chi connectivity index (χ1n) is 3.79. The van der Waals surface area contributed by atoms with Gasteiger partial charge in [-0.05, 0) is 25.3 Å². The SMILES string of the molecule is CC1NNC2=C1C=CCC2. The van der Waals surface area contributed by atoms with Gasteiger partial charge in [-0.25, -0.2) is 5.43 Å². The van der Waals surface area contributed by atoms with Crippen LogP contribution in [-0.4, -0.2) is 6.04 Å². The minimum absolute atomic E-state index is 0.492. The molecule has 2 rings (SSSR count). The summed E-state index contributed by atoms with van der Waals surface area (Å²) >= 11 is 0. The molecule has 1 atom stereocenters. The minimum atomic E-state index is 0.492. The van der Waals surface area contributed by atoms with Gasteiger partial charge in [-0.3, -0.25) is 0 Å². The van der Waals surface area contributed by atoms with E-state index in [4.69, 9.17) is 0 Å². The van der Waals surface area contributed by atoms with E-state index in [0.717, 1.165) is 0 Å². The van der Waals surface area contributed by atoms with Crippen LogP contribution in [0.5, 0.6) is 0 Å². The summed E-state index contributed by atoms with van der Waals surface area (Å²) in [5.41, 5.74) is 9.19. The third-order valence-corrected chi connectivity index (χ3v) is 2.11. The second-order valence-electron chi connectivity index (χ2n) is 2.87. The van der Waals surface area contributed by atoms with Crippen LogP contribution in [0.3, 0.4) is 0 Å². The molecule has 0 radical (unpaired) electrons. The van der Waals surface area contributed by atoms with Crippen LogP contribution >= 0.6 is 0 Å². The van der Waals surface area contributed by atoms with E-state index in [1.54, 1.807) is 0 Å². The Balaban J connectivity index is 2.30. The maximum atomic E-state index is 3.19. The highest BCUT2D eigenvalue weighted by Gasteiger charge is 2.19. The van der Waals surface area contributed by atoms with Crippen molar-refractivity contribution < 1.29 is 0 Å². The van der Waals surface area contributed by atoms with Crippen LogP contribution in [0.4, 0.5) is 0 Å². The quantitative estimate of drug-likeness (QED) is 0.521. The Morgan fingerprint density at radius 2 is 2.50 bits per heavy atom. The van der Waals surface area contributed by atoms with Crippen LogP contribution in [0.2, 0.25) is 0 Å². The van der Waals surface area contributed by atoms with Gasteiger partial charge < -0.3 is 5.43 Å². The van der Waals surface area contributed by atoms with Gasteiger partial charge in [0.05, 0.1) is 0 Å². The molecule has 2 heteroatoms. The molecule has 54 valence electrons. The highest BCUT2D eigenvalue weighted by Crippen LogP contribution is 2.22. The first-order valence-corrected chi connectivity index (χ1v) is 3.79. The molecular formula is C8H12N2. The maximum Gasteiger partial charge on any atom is 0.0499 e.